The Morgan fingerprint density at radius 2 is 1.93 bits per heavy atom. The summed E-state index contributed by atoms with van der Waals surface area (Å²) in [6.07, 6.45) is 10.6. The van der Waals surface area contributed by atoms with Crippen LogP contribution in [0.2, 0.25) is 0 Å². The van der Waals surface area contributed by atoms with Gasteiger partial charge in [0.2, 0.25) is 5.91 Å². The summed E-state index contributed by atoms with van der Waals surface area (Å²) in [7, 11) is 0. The molecule has 7 heteroatoms. The Hall–Kier alpha value is -1.92. The number of fused-ring (bicyclic) bond motifs is 1. The third kappa shape index (κ3) is 3.94. The molecule has 150 valence electrons. The number of hydrogen-bond acceptors (Lipinski definition) is 4. The maximum Gasteiger partial charge on any atom is 0.242 e. The number of amides is 1. The number of halogens is 2. The Labute approximate surface area is 177 Å². The standard InChI is InChI=1S/C21H24N4O.2ClH/c22-20(26)21(25-13-11-23-12-14-25)9-2-1-8-18(21)15-17-6-3-5-16-7-4-10-24-19(16)17;;/h1-10,18,23H,11-15H2,(H2,22,26);2*1H. The number of carbonyl (C=O) groups excluding carboxylic acids is 1. The topological polar surface area (TPSA) is 71.2 Å². The molecule has 1 aliphatic carbocycles. The fourth-order valence-corrected chi connectivity index (χ4v) is 4.26. The first-order valence-corrected chi connectivity index (χ1v) is 9.16. The molecule has 0 saturated carbocycles. The lowest BCUT2D eigenvalue weighted by atomic mass is 9.74. The molecule has 28 heavy (non-hydrogen) atoms. The fraction of sp³-hybridized carbons (Fsp3) is 0.333. The quantitative estimate of drug-likeness (QED) is 0.796. The minimum atomic E-state index is -0.784. The lowest BCUT2D eigenvalue weighted by Crippen LogP contribution is -2.65. The van der Waals surface area contributed by atoms with Crippen molar-refractivity contribution in [2.24, 2.45) is 11.7 Å². The second-order valence-electron chi connectivity index (χ2n) is 6.97. The van der Waals surface area contributed by atoms with Crippen molar-refractivity contribution in [1.29, 1.82) is 0 Å². The Kier molecular flexibility index (Phi) is 7.61. The maximum absolute atomic E-state index is 12.7. The molecule has 1 fully saturated rings. The van der Waals surface area contributed by atoms with Crippen LogP contribution >= 0.6 is 24.8 Å². The number of nitrogens with two attached hydrogens (primary N) is 1. The van der Waals surface area contributed by atoms with E-state index >= 15 is 0 Å². The van der Waals surface area contributed by atoms with Crippen molar-refractivity contribution in [1.82, 2.24) is 15.2 Å². The molecule has 0 spiro atoms. The van der Waals surface area contributed by atoms with Crippen molar-refractivity contribution in [3.05, 3.63) is 66.4 Å². The number of aromatic nitrogens is 1. The first-order valence-electron chi connectivity index (χ1n) is 9.16. The van der Waals surface area contributed by atoms with Gasteiger partial charge in [0, 0.05) is 43.7 Å². The number of nitrogens with zero attached hydrogens (tertiary/aromatic N) is 2. The van der Waals surface area contributed by atoms with Crippen LogP contribution < -0.4 is 11.1 Å². The highest BCUT2D eigenvalue weighted by Crippen LogP contribution is 2.35. The third-order valence-electron chi connectivity index (χ3n) is 5.56. The van der Waals surface area contributed by atoms with Gasteiger partial charge in [0.05, 0.1) is 5.52 Å². The van der Waals surface area contributed by atoms with Crippen molar-refractivity contribution in [2.45, 2.75) is 12.0 Å². The molecule has 0 radical (unpaired) electrons. The molecular formula is C21H26Cl2N4O. The monoisotopic (exact) mass is 420 g/mol. The molecular weight excluding hydrogens is 395 g/mol. The third-order valence-corrected chi connectivity index (χ3v) is 5.56. The largest absolute Gasteiger partial charge is 0.368 e. The van der Waals surface area contributed by atoms with Crippen molar-refractivity contribution in [3.8, 4) is 0 Å². The van der Waals surface area contributed by atoms with E-state index in [1.54, 1.807) is 0 Å². The van der Waals surface area contributed by atoms with E-state index in [0.29, 0.717) is 0 Å². The number of primary amides is 1. The molecule has 1 aromatic heterocycles. The highest BCUT2D eigenvalue weighted by molar-refractivity contribution is 5.89. The van der Waals surface area contributed by atoms with E-state index in [2.05, 4.69) is 45.5 Å². The number of piperazine rings is 1. The zero-order valence-corrected chi connectivity index (χ0v) is 17.2. The molecule has 0 bridgehead atoms. The lowest BCUT2D eigenvalue weighted by Gasteiger charge is -2.46. The molecule has 3 N–H and O–H groups in total. The molecule has 2 aliphatic rings. The molecule has 2 atom stereocenters. The summed E-state index contributed by atoms with van der Waals surface area (Å²) in [4.78, 5) is 19.5. The molecule has 2 unspecified atom stereocenters. The normalized spacial score (nSPS) is 24.4. The number of nitrogens with one attached hydrogen (secondary N) is 1. The second kappa shape index (κ2) is 9.52. The second-order valence-corrected chi connectivity index (χ2v) is 6.97. The van der Waals surface area contributed by atoms with Crippen molar-refractivity contribution >= 4 is 41.6 Å². The van der Waals surface area contributed by atoms with E-state index in [1.165, 1.54) is 0 Å². The molecule has 2 aromatic rings. The van der Waals surface area contributed by atoms with Gasteiger partial charge in [0.15, 0.2) is 0 Å². The summed E-state index contributed by atoms with van der Waals surface area (Å²) < 4.78 is 0. The van der Waals surface area contributed by atoms with Gasteiger partial charge in [-0.15, -0.1) is 24.8 Å². The predicted octanol–water partition coefficient (Wildman–Crippen LogP) is 2.49. The van der Waals surface area contributed by atoms with Crippen LogP contribution in [0.3, 0.4) is 0 Å². The summed E-state index contributed by atoms with van der Waals surface area (Å²) in [5.41, 5.74) is 7.35. The number of para-hydroxylation sites is 1. The Morgan fingerprint density at radius 1 is 1.18 bits per heavy atom. The van der Waals surface area contributed by atoms with Crippen LogP contribution in [0.15, 0.2) is 60.8 Å². The van der Waals surface area contributed by atoms with Crippen molar-refractivity contribution < 1.29 is 4.79 Å². The number of rotatable bonds is 4. The van der Waals surface area contributed by atoms with Crippen LogP contribution in [-0.4, -0.2) is 47.5 Å². The lowest BCUT2D eigenvalue weighted by molar-refractivity contribution is -0.130. The fourth-order valence-electron chi connectivity index (χ4n) is 4.26. The van der Waals surface area contributed by atoms with Crippen LogP contribution in [0.4, 0.5) is 0 Å². The maximum atomic E-state index is 12.7. The van der Waals surface area contributed by atoms with Crippen molar-refractivity contribution in [3.63, 3.8) is 0 Å². The number of carbonyl (C=O) groups is 1. The summed E-state index contributed by atoms with van der Waals surface area (Å²) in [5.74, 6) is -0.297. The van der Waals surface area contributed by atoms with Gasteiger partial charge < -0.3 is 11.1 Å². The van der Waals surface area contributed by atoms with Crippen LogP contribution in [0.1, 0.15) is 5.56 Å². The molecule has 5 nitrogen and oxygen atoms in total. The number of hydrogen-bond donors (Lipinski definition) is 2. The molecule has 1 amide bonds. The average molecular weight is 421 g/mol. The highest BCUT2D eigenvalue weighted by Gasteiger charge is 2.47. The number of benzene rings is 1. The van der Waals surface area contributed by atoms with Crippen molar-refractivity contribution in [2.75, 3.05) is 26.2 Å². The molecule has 1 aliphatic heterocycles. The van der Waals surface area contributed by atoms with Crippen LogP contribution in [0, 0.1) is 5.92 Å². The molecule has 4 rings (SSSR count). The summed E-state index contributed by atoms with van der Waals surface area (Å²) in [6, 6.07) is 10.2. The highest BCUT2D eigenvalue weighted by atomic mass is 35.5. The Bertz CT molecular complexity index is 874. The molecule has 1 saturated heterocycles. The van der Waals surface area contributed by atoms with Gasteiger partial charge in [-0.2, -0.15) is 0 Å². The summed E-state index contributed by atoms with van der Waals surface area (Å²) in [5, 5.41) is 4.47. The average Bonchev–Trinajstić information content (AvgIpc) is 2.69. The van der Waals surface area contributed by atoms with Gasteiger partial charge in [-0.05, 0) is 18.1 Å². The minimum Gasteiger partial charge on any atom is -0.368 e. The summed E-state index contributed by atoms with van der Waals surface area (Å²) >= 11 is 0. The minimum absolute atomic E-state index is 0. The van der Waals surface area contributed by atoms with Crippen LogP contribution in [-0.2, 0) is 11.2 Å². The SMILES string of the molecule is Cl.Cl.NC(=O)C1(N2CCNCC2)C=CC=CC1Cc1cccc2cccnc12. The van der Waals surface area contributed by atoms with Gasteiger partial charge in [0.1, 0.15) is 5.54 Å². The zero-order valence-electron chi connectivity index (χ0n) is 15.6. The smallest absolute Gasteiger partial charge is 0.242 e. The first kappa shape index (κ1) is 22.4. The van der Waals surface area contributed by atoms with E-state index in [0.717, 1.165) is 49.1 Å². The van der Waals surface area contributed by atoms with Crippen LogP contribution in [0.25, 0.3) is 10.9 Å². The predicted molar refractivity (Wildman–Crippen MR) is 118 cm³/mol. The van der Waals surface area contributed by atoms with E-state index in [1.807, 2.05) is 30.5 Å². The number of allylic oxidation sites excluding steroid dienone is 2. The van der Waals surface area contributed by atoms with E-state index in [4.69, 9.17) is 5.73 Å². The van der Waals surface area contributed by atoms with Gasteiger partial charge >= 0.3 is 0 Å². The summed E-state index contributed by atoms with van der Waals surface area (Å²) in [6.45, 7) is 3.36. The Morgan fingerprint density at radius 3 is 2.68 bits per heavy atom. The molecule has 2 heterocycles. The Balaban J connectivity index is 0.00000140. The molecule has 1 aromatic carbocycles. The van der Waals surface area contributed by atoms with E-state index < -0.39 is 5.54 Å². The number of pyridine rings is 1. The van der Waals surface area contributed by atoms with Gasteiger partial charge in [-0.3, -0.25) is 14.7 Å². The van der Waals surface area contributed by atoms with E-state index in [-0.39, 0.29) is 36.6 Å². The van der Waals surface area contributed by atoms with Gasteiger partial charge in [-0.25, -0.2) is 0 Å². The van der Waals surface area contributed by atoms with Gasteiger partial charge in [0.25, 0.3) is 0 Å². The first-order chi connectivity index (χ1) is 12.7. The van der Waals surface area contributed by atoms with E-state index in [9.17, 15) is 4.79 Å². The van der Waals surface area contributed by atoms with Crippen LogP contribution in [0.5, 0.6) is 0 Å². The zero-order chi connectivity index (χ0) is 18.0. The van der Waals surface area contributed by atoms with Gasteiger partial charge in [-0.1, -0.05) is 48.6 Å².